The number of morpholine rings is 1. The topological polar surface area (TPSA) is 62.8 Å². The summed E-state index contributed by atoms with van der Waals surface area (Å²) in [4.78, 5) is 14.7. The number of rotatable bonds is 4. The predicted octanol–water partition coefficient (Wildman–Crippen LogP) is 1.28. The van der Waals surface area contributed by atoms with Crippen LogP contribution in [-0.4, -0.2) is 68.6 Å². The molecule has 0 radical (unpaired) electrons. The second-order valence-corrected chi connectivity index (χ2v) is 6.73. The largest absolute Gasteiger partial charge is 0.381 e. The maximum Gasteiger partial charge on any atom is 0.315 e. The SMILES string of the molecule is O=C(NCC1(N2CCOCC2)CCOCC1)NC1C=CCCC1. The van der Waals surface area contributed by atoms with Crippen molar-refractivity contribution in [1.82, 2.24) is 15.5 Å². The van der Waals surface area contributed by atoms with Gasteiger partial charge in [-0.1, -0.05) is 12.2 Å². The number of hydrogen-bond acceptors (Lipinski definition) is 4. The van der Waals surface area contributed by atoms with Crippen LogP contribution >= 0.6 is 0 Å². The van der Waals surface area contributed by atoms with E-state index in [4.69, 9.17) is 9.47 Å². The minimum absolute atomic E-state index is 0.0156. The Kier molecular flexibility index (Phi) is 5.91. The van der Waals surface area contributed by atoms with Crippen LogP contribution in [0.3, 0.4) is 0 Å². The first-order valence-corrected chi connectivity index (χ1v) is 8.90. The molecule has 2 heterocycles. The van der Waals surface area contributed by atoms with Crippen LogP contribution < -0.4 is 10.6 Å². The molecule has 6 heteroatoms. The van der Waals surface area contributed by atoms with Gasteiger partial charge in [0.15, 0.2) is 0 Å². The summed E-state index contributed by atoms with van der Waals surface area (Å²) in [5.74, 6) is 0. The highest BCUT2D eigenvalue weighted by molar-refractivity contribution is 5.74. The molecule has 0 bridgehead atoms. The Hall–Kier alpha value is -1.11. The number of ether oxygens (including phenoxy) is 2. The van der Waals surface area contributed by atoms with Gasteiger partial charge >= 0.3 is 6.03 Å². The summed E-state index contributed by atoms with van der Waals surface area (Å²) >= 11 is 0. The Balaban J connectivity index is 1.54. The summed E-state index contributed by atoms with van der Waals surface area (Å²) in [5, 5.41) is 6.18. The van der Waals surface area contributed by atoms with Gasteiger partial charge in [0, 0.05) is 44.4 Å². The van der Waals surface area contributed by atoms with Gasteiger partial charge in [-0.25, -0.2) is 4.79 Å². The molecule has 0 saturated carbocycles. The number of hydrogen-bond donors (Lipinski definition) is 2. The lowest BCUT2D eigenvalue weighted by atomic mass is 9.87. The molecule has 2 fully saturated rings. The summed E-state index contributed by atoms with van der Waals surface area (Å²) in [6, 6.07) is 0.124. The molecule has 0 aromatic heterocycles. The van der Waals surface area contributed by atoms with Crippen LogP contribution in [0.5, 0.6) is 0 Å². The third-order valence-corrected chi connectivity index (χ3v) is 5.25. The maximum absolute atomic E-state index is 12.2. The summed E-state index contributed by atoms with van der Waals surface area (Å²) in [6.07, 6.45) is 9.51. The van der Waals surface area contributed by atoms with E-state index in [1.807, 2.05) is 0 Å². The molecule has 2 saturated heterocycles. The average molecular weight is 323 g/mol. The number of carbonyl (C=O) groups is 1. The van der Waals surface area contributed by atoms with Gasteiger partial charge in [0.1, 0.15) is 0 Å². The Bertz CT molecular complexity index is 415. The Morgan fingerprint density at radius 2 is 1.91 bits per heavy atom. The zero-order chi connectivity index (χ0) is 16.0. The highest BCUT2D eigenvalue weighted by atomic mass is 16.5. The molecule has 2 amide bonds. The predicted molar refractivity (Wildman–Crippen MR) is 88.5 cm³/mol. The third-order valence-electron chi connectivity index (χ3n) is 5.25. The second-order valence-electron chi connectivity index (χ2n) is 6.73. The zero-order valence-corrected chi connectivity index (χ0v) is 13.9. The van der Waals surface area contributed by atoms with Crippen LogP contribution in [0.4, 0.5) is 4.79 Å². The first-order valence-electron chi connectivity index (χ1n) is 8.90. The summed E-state index contributed by atoms with van der Waals surface area (Å²) in [7, 11) is 0. The Labute approximate surface area is 138 Å². The van der Waals surface area contributed by atoms with E-state index < -0.39 is 0 Å². The van der Waals surface area contributed by atoms with Crippen molar-refractivity contribution in [3.05, 3.63) is 12.2 Å². The van der Waals surface area contributed by atoms with Crippen LogP contribution in [0.25, 0.3) is 0 Å². The van der Waals surface area contributed by atoms with Crippen LogP contribution in [0, 0.1) is 0 Å². The lowest BCUT2D eigenvalue weighted by Gasteiger charge is -2.47. The normalized spacial score (nSPS) is 28.3. The van der Waals surface area contributed by atoms with Crippen molar-refractivity contribution in [1.29, 1.82) is 0 Å². The average Bonchev–Trinajstić information content (AvgIpc) is 2.62. The van der Waals surface area contributed by atoms with Gasteiger partial charge < -0.3 is 20.1 Å². The fourth-order valence-electron chi connectivity index (χ4n) is 3.79. The van der Waals surface area contributed by atoms with E-state index in [0.29, 0.717) is 6.54 Å². The van der Waals surface area contributed by atoms with Gasteiger partial charge in [-0.2, -0.15) is 0 Å². The van der Waals surface area contributed by atoms with Gasteiger partial charge in [0.25, 0.3) is 0 Å². The first kappa shape index (κ1) is 16.7. The molecule has 23 heavy (non-hydrogen) atoms. The van der Waals surface area contributed by atoms with Crippen molar-refractivity contribution < 1.29 is 14.3 Å². The highest BCUT2D eigenvalue weighted by Crippen LogP contribution is 2.28. The molecular weight excluding hydrogens is 294 g/mol. The smallest absolute Gasteiger partial charge is 0.315 e. The zero-order valence-electron chi connectivity index (χ0n) is 13.9. The molecule has 3 aliphatic rings. The van der Waals surface area contributed by atoms with Gasteiger partial charge in [-0.05, 0) is 32.1 Å². The highest BCUT2D eigenvalue weighted by Gasteiger charge is 2.39. The molecule has 1 aliphatic carbocycles. The number of nitrogens with zero attached hydrogens (tertiary/aromatic N) is 1. The van der Waals surface area contributed by atoms with Crippen molar-refractivity contribution in [2.24, 2.45) is 0 Å². The van der Waals surface area contributed by atoms with Gasteiger partial charge in [-0.15, -0.1) is 0 Å². The second kappa shape index (κ2) is 8.13. The number of amides is 2. The first-order chi connectivity index (χ1) is 11.3. The number of urea groups is 1. The molecule has 6 nitrogen and oxygen atoms in total. The van der Waals surface area contributed by atoms with Crippen LogP contribution in [-0.2, 0) is 9.47 Å². The van der Waals surface area contributed by atoms with E-state index in [9.17, 15) is 4.79 Å². The molecule has 1 atom stereocenters. The van der Waals surface area contributed by atoms with Crippen molar-refractivity contribution >= 4 is 6.03 Å². The van der Waals surface area contributed by atoms with Gasteiger partial charge in [0.2, 0.25) is 0 Å². The Morgan fingerprint density at radius 3 is 2.61 bits per heavy atom. The third kappa shape index (κ3) is 4.46. The summed E-state index contributed by atoms with van der Waals surface area (Å²) < 4.78 is 11.0. The van der Waals surface area contributed by atoms with E-state index in [-0.39, 0.29) is 17.6 Å². The standard InChI is InChI=1S/C17H29N3O3/c21-16(19-15-4-2-1-3-5-15)18-14-17(6-10-22-11-7-17)20-8-12-23-13-9-20/h2,4,15H,1,3,5-14H2,(H2,18,19,21). The van der Waals surface area contributed by atoms with Gasteiger partial charge in [0.05, 0.1) is 13.2 Å². The van der Waals surface area contributed by atoms with Gasteiger partial charge in [-0.3, -0.25) is 4.90 Å². The molecule has 3 rings (SSSR count). The molecule has 0 aromatic carbocycles. The molecule has 0 aromatic rings. The van der Waals surface area contributed by atoms with E-state index >= 15 is 0 Å². The van der Waals surface area contributed by atoms with E-state index in [1.54, 1.807) is 0 Å². The fraction of sp³-hybridized carbons (Fsp3) is 0.824. The summed E-state index contributed by atoms with van der Waals surface area (Å²) in [5.41, 5.74) is 0.0156. The maximum atomic E-state index is 12.2. The minimum Gasteiger partial charge on any atom is -0.381 e. The quantitative estimate of drug-likeness (QED) is 0.765. The van der Waals surface area contributed by atoms with E-state index in [0.717, 1.165) is 71.6 Å². The van der Waals surface area contributed by atoms with Crippen LogP contribution in [0.2, 0.25) is 0 Å². The van der Waals surface area contributed by atoms with E-state index in [1.165, 1.54) is 0 Å². The van der Waals surface area contributed by atoms with Crippen molar-refractivity contribution in [3.8, 4) is 0 Å². The molecule has 1 unspecified atom stereocenters. The molecule has 2 aliphatic heterocycles. The van der Waals surface area contributed by atoms with Crippen molar-refractivity contribution in [2.75, 3.05) is 46.1 Å². The lowest BCUT2D eigenvalue weighted by molar-refractivity contribution is -0.0690. The van der Waals surface area contributed by atoms with Crippen molar-refractivity contribution in [2.45, 2.75) is 43.7 Å². The van der Waals surface area contributed by atoms with Crippen LogP contribution in [0.1, 0.15) is 32.1 Å². The minimum atomic E-state index is -0.0549. The van der Waals surface area contributed by atoms with Crippen LogP contribution in [0.15, 0.2) is 12.2 Å². The molecular formula is C17H29N3O3. The van der Waals surface area contributed by atoms with E-state index in [2.05, 4.69) is 27.7 Å². The molecule has 130 valence electrons. The number of nitrogens with one attached hydrogen (secondary N) is 2. The monoisotopic (exact) mass is 323 g/mol. The molecule has 0 spiro atoms. The Morgan fingerprint density at radius 1 is 1.17 bits per heavy atom. The number of allylic oxidation sites excluding steroid dienone is 1. The fourth-order valence-corrected chi connectivity index (χ4v) is 3.79. The number of carbonyl (C=O) groups excluding carboxylic acids is 1. The lowest BCUT2D eigenvalue weighted by Crippen LogP contribution is -2.62. The van der Waals surface area contributed by atoms with Crippen molar-refractivity contribution in [3.63, 3.8) is 0 Å². The molecule has 2 N–H and O–H groups in total. The summed E-state index contributed by atoms with van der Waals surface area (Å²) in [6.45, 7) is 5.66.